The van der Waals surface area contributed by atoms with Gasteiger partial charge in [0.1, 0.15) is 5.78 Å². The van der Waals surface area contributed by atoms with Crippen molar-refractivity contribution in [2.24, 2.45) is 5.92 Å². The maximum absolute atomic E-state index is 11.4. The van der Waals surface area contributed by atoms with E-state index < -0.39 is 0 Å². The summed E-state index contributed by atoms with van der Waals surface area (Å²) in [6, 6.07) is 0. The first-order valence-corrected chi connectivity index (χ1v) is 5.60. The Kier molecular flexibility index (Phi) is 5.12. The van der Waals surface area contributed by atoms with E-state index in [4.69, 9.17) is 0 Å². The second kappa shape index (κ2) is 6.14. The van der Waals surface area contributed by atoms with Crippen molar-refractivity contribution in [3.05, 3.63) is 0 Å². The maximum Gasteiger partial charge on any atom is 0.136 e. The lowest BCUT2D eigenvalue weighted by atomic mass is 10.0. The number of Topliss-reactive ketones (excluding diaryl/α,β-unsaturated/α-hetero) is 1. The van der Waals surface area contributed by atoms with Gasteiger partial charge in [-0.2, -0.15) is 0 Å². The van der Waals surface area contributed by atoms with E-state index in [2.05, 4.69) is 17.3 Å². The summed E-state index contributed by atoms with van der Waals surface area (Å²) >= 11 is 0. The summed E-state index contributed by atoms with van der Waals surface area (Å²) in [7, 11) is 4.09. The second-order valence-corrected chi connectivity index (χ2v) is 4.25. The second-order valence-electron chi connectivity index (χ2n) is 4.25. The van der Waals surface area contributed by atoms with Gasteiger partial charge in [-0.1, -0.05) is 0 Å². The highest BCUT2D eigenvalue weighted by atomic mass is 16.1. The first kappa shape index (κ1) is 11.7. The van der Waals surface area contributed by atoms with E-state index in [-0.39, 0.29) is 0 Å². The van der Waals surface area contributed by atoms with Gasteiger partial charge in [0, 0.05) is 25.4 Å². The molecule has 0 amide bonds. The Morgan fingerprint density at radius 1 is 1.50 bits per heavy atom. The van der Waals surface area contributed by atoms with E-state index in [9.17, 15) is 4.79 Å². The minimum absolute atomic E-state index is 0.368. The van der Waals surface area contributed by atoms with Crippen LogP contribution in [0.4, 0.5) is 0 Å². The third-order valence-corrected chi connectivity index (χ3v) is 3.03. The molecular formula is C11H22N2O. The molecule has 0 radical (unpaired) electrons. The molecule has 3 heteroatoms. The van der Waals surface area contributed by atoms with Crippen molar-refractivity contribution < 1.29 is 4.79 Å². The molecule has 0 spiro atoms. The number of likely N-dealkylation sites (N-methyl/N-ethyl adjacent to an activating group) is 2. The Labute approximate surface area is 86.9 Å². The van der Waals surface area contributed by atoms with E-state index in [1.54, 1.807) is 0 Å². The van der Waals surface area contributed by atoms with Crippen molar-refractivity contribution in [2.45, 2.75) is 25.7 Å². The molecule has 1 unspecified atom stereocenters. The molecule has 1 atom stereocenters. The fraction of sp³-hybridized carbons (Fsp3) is 0.909. The molecule has 1 saturated carbocycles. The zero-order valence-electron chi connectivity index (χ0n) is 9.38. The van der Waals surface area contributed by atoms with Gasteiger partial charge in [-0.25, -0.2) is 0 Å². The van der Waals surface area contributed by atoms with E-state index >= 15 is 0 Å². The molecule has 1 N–H and O–H groups in total. The highest BCUT2D eigenvalue weighted by molar-refractivity contribution is 5.82. The molecule has 0 saturated heterocycles. The number of nitrogens with zero attached hydrogens (tertiary/aromatic N) is 1. The van der Waals surface area contributed by atoms with Crippen LogP contribution in [-0.4, -0.2) is 44.4 Å². The summed E-state index contributed by atoms with van der Waals surface area (Å²) in [5.74, 6) is 0.860. The third kappa shape index (κ3) is 3.76. The Bertz CT molecular complexity index is 182. The standard InChI is InChI=1S/C11H22N2O/c1-12-7-9-13(2)8-6-10-4-3-5-11(10)14/h10,12H,3-9H2,1-2H3. The van der Waals surface area contributed by atoms with Gasteiger partial charge < -0.3 is 10.2 Å². The molecule has 1 aliphatic carbocycles. The average molecular weight is 198 g/mol. The number of carbonyl (C=O) groups excluding carboxylic acids is 1. The third-order valence-electron chi connectivity index (χ3n) is 3.03. The van der Waals surface area contributed by atoms with Crippen molar-refractivity contribution in [3.63, 3.8) is 0 Å². The molecule has 3 nitrogen and oxygen atoms in total. The van der Waals surface area contributed by atoms with Crippen molar-refractivity contribution in [3.8, 4) is 0 Å². The molecule has 0 bridgehead atoms. The number of nitrogens with one attached hydrogen (secondary N) is 1. The van der Waals surface area contributed by atoms with Crippen molar-refractivity contribution in [1.29, 1.82) is 0 Å². The zero-order valence-corrected chi connectivity index (χ0v) is 9.38. The van der Waals surface area contributed by atoms with Crippen LogP contribution in [-0.2, 0) is 4.79 Å². The van der Waals surface area contributed by atoms with E-state index in [0.717, 1.165) is 45.3 Å². The molecule has 1 aliphatic rings. The molecule has 0 heterocycles. The van der Waals surface area contributed by atoms with Crippen LogP contribution < -0.4 is 5.32 Å². The van der Waals surface area contributed by atoms with Crippen molar-refractivity contribution in [1.82, 2.24) is 10.2 Å². The molecular weight excluding hydrogens is 176 g/mol. The fourth-order valence-electron chi connectivity index (χ4n) is 1.98. The molecule has 0 aromatic carbocycles. The minimum Gasteiger partial charge on any atom is -0.318 e. The molecule has 0 aromatic heterocycles. The number of hydrogen-bond donors (Lipinski definition) is 1. The summed E-state index contributed by atoms with van der Waals surface area (Å²) < 4.78 is 0. The van der Waals surface area contributed by atoms with E-state index in [0.29, 0.717) is 11.7 Å². The summed E-state index contributed by atoms with van der Waals surface area (Å²) in [5, 5.41) is 3.13. The van der Waals surface area contributed by atoms with Gasteiger partial charge >= 0.3 is 0 Å². The largest absolute Gasteiger partial charge is 0.318 e. The highest BCUT2D eigenvalue weighted by Gasteiger charge is 2.23. The highest BCUT2D eigenvalue weighted by Crippen LogP contribution is 2.24. The normalized spacial score (nSPS) is 22.2. The van der Waals surface area contributed by atoms with Crippen molar-refractivity contribution >= 4 is 5.78 Å². The quantitative estimate of drug-likeness (QED) is 0.688. The SMILES string of the molecule is CNCCN(C)CCC1CCCC1=O. The van der Waals surface area contributed by atoms with Gasteiger partial charge in [0.25, 0.3) is 0 Å². The molecule has 0 aromatic rings. The van der Waals surface area contributed by atoms with Crippen LogP contribution in [0.15, 0.2) is 0 Å². The van der Waals surface area contributed by atoms with Gasteiger partial charge in [-0.05, 0) is 39.9 Å². The Hall–Kier alpha value is -0.410. The summed E-state index contributed by atoms with van der Waals surface area (Å²) in [5.41, 5.74) is 0. The van der Waals surface area contributed by atoms with Gasteiger partial charge in [-0.3, -0.25) is 4.79 Å². The Morgan fingerprint density at radius 3 is 2.86 bits per heavy atom. The van der Waals surface area contributed by atoms with Crippen LogP contribution in [0.3, 0.4) is 0 Å². The van der Waals surface area contributed by atoms with Crippen LogP contribution >= 0.6 is 0 Å². The number of ketones is 1. The lowest BCUT2D eigenvalue weighted by molar-refractivity contribution is -0.120. The van der Waals surface area contributed by atoms with Crippen LogP contribution in [0.5, 0.6) is 0 Å². The maximum atomic E-state index is 11.4. The predicted octanol–water partition coefficient (Wildman–Crippen LogP) is 0.897. The lowest BCUT2D eigenvalue weighted by Gasteiger charge is -2.17. The molecule has 0 aliphatic heterocycles. The van der Waals surface area contributed by atoms with E-state index in [1.807, 2.05) is 7.05 Å². The van der Waals surface area contributed by atoms with Crippen LogP contribution in [0, 0.1) is 5.92 Å². The number of rotatable bonds is 6. The van der Waals surface area contributed by atoms with Crippen LogP contribution in [0.1, 0.15) is 25.7 Å². The Morgan fingerprint density at radius 2 is 2.29 bits per heavy atom. The average Bonchev–Trinajstić information content (AvgIpc) is 2.58. The van der Waals surface area contributed by atoms with Gasteiger partial charge in [0.05, 0.1) is 0 Å². The first-order valence-electron chi connectivity index (χ1n) is 5.60. The van der Waals surface area contributed by atoms with Crippen LogP contribution in [0.2, 0.25) is 0 Å². The topological polar surface area (TPSA) is 32.3 Å². The molecule has 14 heavy (non-hydrogen) atoms. The summed E-state index contributed by atoms with van der Waals surface area (Å²) in [6.45, 7) is 3.14. The minimum atomic E-state index is 0.368. The smallest absolute Gasteiger partial charge is 0.136 e. The summed E-state index contributed by atoms with van der Waals surface area (Å²) in [6.07, 6.45) is 4.12. The predicted molar refractivity (Wildman–Crippen MR) is 58.4 cm³/mol. The molecule has 1 fully saturated rings. The number of hydrogen-bond acceptors (Lipinski definition) is 3. The Balaban J connectivity index is 2.10. The molecule has 82 valence electrons. The van der Waals surface area contributed by atoms with Crippen LogP contribution in [0.25, 0.3) is 0 Å². The fourth-order valence-corrected chi connectivity index (χ4v) is 1.98. The van der Waals surface area contributed by atoms with Gasteiger partial charge in [-0.15, -0.1) is 0 Å². The molecule has 1 rings (SSSR count). The summed E-state index contributed by atoms with van der Waals surface area (Å²) in [4.78, 5) is 13.7. The monoisotopic (exact) mass is 198 g/mol. The first-order chi connectivity index (χ1) is 6.74. The van der Waals surface area contributed by atoms with Gasteiger partial charge in [0.15, 0.2) is 0 Å². The lowest BCUT2D eigenvalue weighted by Crippen LogP contribution is -2.29. The van der Waals surface area contributed by atoms with Crippen molar-refractivity contribution in [2.75, 3.05) is 33.7 Å². The van der Waals surface area contributed by atoms with E-state index in [1.165, 1.54) is 0 Å². The van der Waals surface area contributed by atoms with Gasteiger partial charge in [0.2, 0.25) is 0 Å². The number of carbonyl (C=O) groups is 1. The zero-order chi connectivity index (χ0) is 10.4.